The molecule has 2 aliphatic rings. The molecule has 5 rings (SSSR count). The second kappa shape index (κ2) is 11.9. The molecule has 1 aliphatic carbocycles. The van der Waals surface area contributed by atoms with Crippen LogP contribution in [0.25, 0.3) is 5.52 Å². The molecule has 1 aliphatic heterocycles. The average molecular weight is 646 g/mol. The highest BCUT2D eigenvalue weighted by Gasteiger charge is 2.82. The number of hydrogen-bond acceptors (Lipinski definition) is 11. The van der Waals surface area contributed by atoms with Crippen molar-refractivity contribution in [1.82, 2.24) is 19.7 Å². The second-order valence-electron chi connectivity index (χ2n) is 13.1. The summed E-state index contributed by atoms with van der Waals surface area (Å²) < 4.78 is 39.3. The van der Waals surface area contributed by atoms with Gasteiger partial charge in [0.1, 0.15) is 47.5 Å². The normalized spacial score (nSPS) is 28.1. The summed E-state index contributed by atoms with van der Waals surface area (Å²) in [5.41, 5.74) is 4.47. The summed E-state index contributed by atoms with van der Waals surface area (Å²) in [6, 6.07) is 9.30. The molecule has 45 heavy (non-hydrogen) atoms. The molecule has 1 saturated heterocycles. The van der Waals surface area contributed by atoms with Gasteiger partial charge in [0, 0.05) is 0 Å². The van der Waals surface area contributed by atoms with E-state index in [-0.39, 0.29) is 29.5 Å². The zero-order chi connectivity index (χ0) is 32.9. The lowest BCUT2D eigenvalue weighted by molar-refractivity contribution is -0.146. The van der Waals surface area contributed by atoms with Gasteiger partial charge in [-0.1, -0.05) is 59.6 Å². The average Bonchev–Trinajstić information content (AvgIpc) is 3.25. The van der Waals surface area contributed by atoms with E-state index < -0.39 is 49.3 Å². The molecule has 2 fully saturated rings. The topological polar surface area (TPSA) is 180 Å². The highest BCUT2D eigenvalue weighted by atomic mass is 31.2. The highest BCUT2D eigenvalue weighted by molar-refractivity contribution is 7.52. The number of hydrogen-bond donors (Lipinski definition) is 4. The summed E-state index contributed by atoms with van der Waals surface area (Å²) in [5.74, 6) is 0.0369. The molecule has 3 heterocycles. The van der Waals surface area contributed by atoms with Gasteiger partial charge < -0.3 is 29.9 Å². The molecule has 246 valence electrons. The van der Waals surface area contributed by atoms with Crippen LogP contribution in [0.5, 0.6) is 5.75 Å². The zero-order valence-corrected chi connectivity index (χ0v) is 27.7. The van der Waals surface area contributed by atoms with Crippen LogP contribution in [0.4, 0.5) is 5.82 Å². The Morgan fingerprint density at radius 2 is 1.87 bits per heavy atom. The Labute approximate surface area is 263 Å². The molecule has 1 saturated carbocycles. The standard InChI is InChI=1S/C31H44N5O8P/c1-8-19(9-2)16-41-27(37)18(3)35-45(40,43-21-12-10-20(11-13-21)29(4,5)6)44-25-24-31(25,39)28(38)30(7,42-24)23-15-14-22-26(32)33-17-34-36(22)23/h10-15,17-19,24-25,28,38-39H,8-9,16H2,1-7H3,(H,35,40)(H2,32,33,34)/t18-,24+,25?,28-,30-,31-,45?/m0/s1. The van der Waals surface area contributed by atoms with Crippen molar-refractivity contribution in [3.8, 4) is 5.75 Å². The van der Waals surface area contributed by atoms with E-state index in [1.165, 1.54) is 17.8 Å². The number of carbonyl (C=O) groups excluding carboxylic acids is 1. The minimum Gasteiger partial charge on any atom is -0.464 e. The monoisotopic (exact) mass is 645 g/mol. The van der Waals surface area contributed by atoms with Gasteiger partial charge in [0.25, 0.3) is 0 Å². The van der Waals surface area contributed by atoms with E-state index in [4.69, 9.17) is 24.3 Å². The molecule has 2 unspecified atom stereocenters. The zero-order valence-electron chi connectivity index (χ0n) is 26.8. The summed E-state index contributed by atoms with van der Waals surface area (Å²) in [7, 11) is -4.38. The van der Waals surface area contributed by atoms with E-state index in [1.54, 1.807) is 31.2 Å². The first-order valence-corrected chi connectivity index (χ1v) is 16.8. The minimum absolute atomic E-state index is 0.123. The predicted molar refractivity (Wildman–Crippen MR) is 166 cm³/mol. The van der Waals surface area contributed by atoms with Gasteiger partial charge in [-0.25, -0.2) is 14.1 Å². The van der Waals surface area contributed by atoms with E-state index in [2.05, 4.69) is 35.9 Å². The Hall–Kier alpha value is -3.06. The van der Waals surface area contributed by atoms with Crippen LogP contribution in [0.2, 0.25) is 0 Å². The van der Waals surface area contributed by atoms with E-state index in [1.807, 2.05) is 26.0 Å². The van der Waals surface area contributed by atoms with Crippen molar-refractivity contribution in [3.05, 3.63) is 54.0 Å². The number of ether oxygens (including phenoxy) is 2. The molecule has 5 N–H and O–H groups in total. The van der Waals surface area contributed by atoms with E-state index in [9.17, 15) is 19.6 Å². The molecule has 1 aromatic carbocycles. The summed E-state index contributed by atoms with van der Waals surface area (Å²) >= 11 is 0. The maximum atomic E-state index is 14.3. The Bertz CT molecular complexity index is 1590. The highest BCUT2D eigenvalue weighted by Crippen LogP contribution is 2.63. The van der Waals surface area contributed by atoms with Crippen molar-refractivity contribution >= 4 is 25.1 Å². The van der Waals surface area contributed by atoms with Crippen LogP contribution < -0.4 is 15.3 Å². The number of benzene rings is 1. The Morgan fingerprint density at radius 1 is 1.20 bits per heavy atom. The summed E-state index contributed by atoms with van der Waals surface area (Å²) in [6.07, 6.45) is -0.849. The van der Waals surface area contributed by atoms with Crippen molar-refractivity contribution in [2.24, 2.45) is 5.92 Å². The largest absolute Gasteiger partial charge is 0.464 e. The van der Waals surface area contributed by atoms with Crippen LogP contribution >= 0.6 is 7.75 Å². The predicted octanol–water partition coefficient (Wildman–Crippen LogP) is 3.86. The number of nitrogens with one attached hydrogen (secondary N) is 1. The molecular weight excluding hydrogens is 601 g/mol. The Kier molecular flexibility index (Phi) is 8.84. The maximum absolute atomic E-state index is 14.3. The van der Waals surface area contributed by atoms with Gasteiger partial charge in [-0.3, -0.25) is 9.32 Å². The number of nitrogens with zero attached hydrogens (tertiary/aromatic N) is 3. The smallest absolute Gasteiger partial charge is 0.459 e. The van der Waals surface area contributed by atoms with Gasteiger partial charge in [0.05, 0.1) is 12.3 Å². The van der Waals surface area contributed by atoms with Gasteiger partial charge in [-0.15, -0.1) is 0 Å². The van der Waals surface area contributed by atoms with Gasteiger partial charge in [0.2, 0.25) is 0 Å². The molecule has 0 bridgehead atoms. The third-order valence-electron chi connectivity index (χ3n) is 8.92. The number of nitrogens with two attached hydrogens (primary N) is 1. The Balaban J connectivity index is 1.37. The number of carbonyl (C=O) groups is 1. The molecule has 0 spiro atoms. The number of aromatic nitrogens is 3. The van der Waals surface area contributed by atoms with Crippen LogP contribution in [0.3, 0.4) is 0 Å². The molecule has 0 radical (unpaired) electrons. The fourth-order valence-electron chi connectivity index (χ4n) is 5.76. The molecular formula is C31H44N5O8P. The van der Waals surface area contributed by atoms with Crippen LogP contribution in [0.1, 0.15) is 72.6 Å². The second-order valence-corrected chi connectivity index (χ2v) is 14.8. The molecule has 14 heteroatoms. The number of esters is 1. The first-order chi connectivity index (χ1) is 21.1. The lowest BCUT2D eigenvalue weighted by Crippen LogP contribution is -2.46. The van der Waals surface area contributed by atoms with Crippen molar-refractivity contribution in [1.29, 1.82) is 0 Å². The molecule has 3 aromatic rings. The van der Waals surface area contributed by atoms with Crippen molar-refractivity contribution in [2.75, 3.05) is 12.3 Å². The lowest BCUT2D eigenvalue weighted by Gasteiger charge is -2.33. The lowest BCUT2D eigenvalue weighted by atomic mass is 9.87. The van der Waals surface area contributed by atoms with Gasteiger partial charge >= 0.3 is 13.7 Å². The summed E-state index contributed by atoms with van der Waals surface area (Å²) in [6.45, 7) is 13.6. The number of aliphatic hydroxyl groups is 2. The molecule has 7 atom stereocenters. The van der Waals surface area contributed by atoms with Crippen LogP contribution in [-0.2, 0) is 34.4 Å². The molecule has 0 amide bonds. The summed E-state index contributed by atoms with van der Waals surface area (Å²) in [4.78, 5) is 16.9. The van der Waals surface area contributed by atoms with Gasteiger partial charge in [-0.2, -0.15) is 10.2 Å². The van der Waals surface area contributed by atoms with Crippen molar-refractivity contribution in [3.63, 3.8) is 0 Å². The van der Waals surface area contributed by atoms with Crippen molar-refractivity contribution < 1.29 is 38.1 Å². The number of anilines is 1. The number of nitrogen functional groups attached to an aromatic ring is 1. The third kappa shape index (κ3) is 6.09. The van der Waals surface area contributed by atoms with Gasteiger partial charge in [-0.05, 0) is 55.0 Å². The fourth-order valence-corrected chi connectivity index (χ4v) is 7.47. The van der Waals surface area contributed by atoms with E-state index in [0.29, 0.717) is 11.2 Å². The van der Waals surface area contributed by atoms with Crippen molar-refractivity contribution in [2.45, 2.75) is 102 Å². The SMILES string of the molecule is CCC(CC)COC(=O)[C@H](C)NP(=O)(Oc1ccc(C(C)(C)C)cc1)OC1[C@H]2O[C@@](C)(c3ccc4c(N)ncnn34)[C@H](O)[C@@]12O. The minimum atomic E-state index is -4.38. The fraction of sp³-hybridized carbons (Fsp3) is 0.581. The van der Waals surface area contributed by atoms with Crippen LogP contribution in [-0.4, -0.2) is 67.3 Å². The maximum Gasteiger partial charge on any atom is 0.459 e. The van der Waals surface area contributed by atoms with E-state index in [0.717, 1.165) is 18.4 Å². The molecule has 2 aromatic heterocycles. The first-order valence-electron chi connectivity index (χ1n) is 15.3. The number of rotatable bonds is 12. The quantitative estimate of drug-likeness (QED) is 0.165. The van der Waals surface area contributed by atoms with E-state index >= 15 is 0 Å². The Morgan fingerprint density at radius 3 is 2.44 bits per heavy atom. The van der Waals surface area contributed by atoms with Crippen LogP contribution in [0.15, 0.2) is 42.7 Å². The first kappa shape index (κ1) is 33.3. The number of aliphatic hydroxyl groups excluding tert-OH is 1. The van der Waals surface area contributed by atoms with Gasteiger partial charge in [0.15, 0.2) is 11.4 Å². The summed E-state index contributed by atoms with van der Waals surface area (Å²) in [5, 5.41) is 29.9. The third-order valence-corrected chi connectivity index (χ3v) is 10.6. The molecule has 13 nitrogen and oxygen atoms in total. The van der Waals surface area contributed by atoms with Crippen LogP contribution in [0, 0.1) is 5.92 Å². The number of fused-ring (bicyclic) bond motifs is 2.